The van der Waals surface area contributed by atoms with Crippen LogP contribution in [0.25, 0.3) is 0 Å². The second-order valence-corrected chi connectivity index (χ2v) is 5.17. The lowest BCUT2D eigenvalue weighted by atomic mass is 10.00. The average Bonchev–Trinajstić information content (AvgIpc) is 2.28. The Morgan fingerprint density at radius 2 is 1.95 bits per heavy atom. The van der Waals surface area contributed by atoms with Gasteiger partial charge in [0.25, 0.3) is 5.69 Å². The van der Waals surface area contributed by atoms with Crippen molar-refractivity contribution in [1.82, 2.24) is 0 Å². The highest BCUT2D eigenvalue weighted by Crippen LogP contribution is 2.37. The zero-order chi connectivity index (χ0) is 15.7. The molecule has 1 N–H and O–H groups in total. The number of amides is 1. The third-order valence-electron chi connectivity index (χ3n) is 2.43. The fraction of sp³-hybridized carbons (Fsp3) is 0.364. The summed E-state index contributed by atoms with van der Waals surface area (Å²) in [6, 6.07) is 2.47. The van der Waals surface area contributed by atoms with Gasteiger partial charge in [0, 0.05) is 10.5 Å². The summed E-state index contributed by atoms with van der Waals surface area (Å²) in [5.74, 6) is -2.56. The quantitative estimate of drug-likeness (QED) is 0.659. The van der Waals surface area contributed by atoms with Gasteiger partial charge in [0.1, 0.15) is 5.69 Å². The number of hydrogen-bond acceptors (Lipinski definition) is 3. The summed E-state index contributed by atoms with van der Waals surface area (Å²) in [5.41, 5.74) is -0.792. The van der Waals surface area contributed by atoms with E-state index in [1.165, 1.54) is 6.07 Å². The van der Waals surface area contributed by atoms with Crippen LogP contribution >= 0.6 is 15.9 Å². The lowest BCUT2D eigenvalue weighted by Gasteiger charge is -2.15. The number of rotatable bonds is 3. The van der Waals surface area contributed by atoms with Crippen LogP contribution in [0.1, 0.15) is 25.3 Å². The number of nitrogens with zero attached hydrogens (tertiary/aromatic N) is 1. The summed E-state index contributed by atoms with van der Waals surface area (Å²) in [7, 11) is 0. The highest BCUT2D eigenvalue weighted by Gasteiger charge is 2.40. The van der Waals surface area contributed by atoms with Crippen molar-refractivity contribution in [3.63, 3.8) is 0 Å². The SMILES string of the molecule is CC(C)c1cc(Br)cc([N+](=O)[O-])c1NC(=O)C(F)(F)F. The van der Waals surface area contributed by atoms with E-state index in [9.17, 15) is 28.1 Å². The van der Waals surface area contributed by atoms with Crippen LogP contribution < -0.4 is 5.32 Å². The molecular weight excluding hydrogens is 345 g/mol. The van der Waals surface area contributed by atoms with Gasteiger partial charge in [-0.1, -0.05) is 29.8 Å². The van der Waals surface area contributed by atoms with Gasteiger partial charge >= 0.3 is 12.1 Å². The molecule has 5 nitrogen and oxygen atoms in total. The van der Waals surface area contributed by atoms with Crippen molar-refractivity contribution in [3.05, 3.63) is 32.3 Å². The number of hydrogen-bond donors (Lipinski definition) is 1. The smallest absolute Gasteiger partial charge is 0.312 e. The van der Waals surface area contributed by atoms with Gasteiger partial charge in [0.15, 0.2) is 0 Å². The summed E-state index contributed by atoms with van der Waals surface area (Å²) >= 11 is 3.05. The second-order valence-electron chi connectivity index (χ2n) is 4.25. The van der Waals surface area contributed by atoms with E-state index in [1.807, 2.05) is 0 Å². The number of carbonyl (C=O) groups is 1. The second kappa shape index (κ2) is 5.78. The van der Waals surface area contributed by atoms with E-state index in [-0.39, 0.29) is 11.5 Å². The molecule has 0 bridgehead atoms. The molecule has 0 radical (unpaired) electrons. The molecule has 0 unspecified atom stereocenters. The van der Waals surface area contributed by atoms with E-state index in [2.05, 4.69) is 15.9 Å². The Balaban J connectivity index is 3.41. The van der Waals surface area contributed by atoms with Gasteiger partial charge in [0.2, 0.25) is 0 Å². The Morgan fingerprint density at radius 1 is 1.40 bits per heavy atom. The lowest BCUT2D eigenvalue weighted by Crippen LogP contribution is -2.30. The normalized spacial score (nSPS) is 11.6. The van der Waals surface area contributed by atoms with Gasteiger partial charge in [-0.25, -0.2) is 0 Å². The Bertz CT molecular complexity index is 559. The van der Waals surface area contributed by atoms with E-state index in [4.69, 9.17) is 0 Å². The summed E-state index contributed by atoms with van der Waals surface area (Å²) in [6.45, 7) is 3.30. The van der Waals surface area contributed by atoms with Crippen LogP contribution in [-0.4, -0.2) is 17.0 Å². The molecule has 110 valence electrons. The van der Waals surface area contributed by atoms with Gasteiger partial charge in [-0.15, -0.1) is 0 Å². The van der Waals surface area contributed by atoms with E-state index in [0.717, 1.165) is 6.07 Å². The molecular formula is C11H10BrF3N2O3. The predicted octanol–water partition coefficient (Wildman–Crippen LogP) is 3.98. The summed E-state index contributed by atoms with van der Waals surface area (Å²) < 4.78 is 37.2. The first kappa shape index (κ1) is 16.4. The Labute approximate surface area is 120 Å². The summed E-state index contributed by atoms with van der Waals surface area (Å²) in [6.07, 6.45) is -5.12. The minimum atomic E-state index is -5.12. The molecule has 0 saturated carbocycles. The van der Waals surface area contributed by atoms with Crippen LogP contribution in [-0.2, 0) is 4.79 Å². The molecule has 0 heterocycles. The Hall–Kier alpha value is -1.64. The maximum Gasteiger partial charge on any atom is 0.471 e. The number of anilines is 1. The largest absolute Gasteiger partial charge is 0.471 e. The maximum atomic E-state index is 12.3. The lowest BCUT2D eigenvalue weighted by molar-refractivity contribution is -0.384. The number of alkyl halides is 3. The number of benzene rings is 1. The van der Waals surface area contributed by atoms with Gasteiger partial charge < -0.3 is 5.32 Å². The Morgan fingerprint density at radius 3 is 2.35 bits per heavy atom. The van der Waals surface area contributed by atoms with Crippen molar-refractivity contribution in [2.75, 3.05) is 5.32 Å². The van der Waals surface area contributed by atoms with Crippen molar-refractivity contribution in [3.8, 4) is 0 Å². The molecule has 0 aliphatic heterocycles. The molecule has 0 aromatic heterocycles. The minimum Gasteiger partial charge on any atom is -0.312 e. The predicted molar refractivity (Wildman–Crippen MR) is 69.6 cm³/mol. The minimum absolute atomic E-state index is 0.240. The maximum absolute atomic E-state index is 12.3. The fourth-order valence-corrected chi connectivity index (χ4v) is 2.00. The van der Waals surface area contributed by atoms with Crippen molar-refractivity contribution in [1.29, 1.82) is 0 Å². The van der Waals surface area contributed by atoms with E-state index in [1.54, 1.807) is 19.2 Å². The highest BCUT2D eigenvalue weighted by molar-refractivity contribution is 9.10. The van der Waals surface area contributed by atoms with Crippen LogP contribution in [0.4, 0.5) is 24.5 Å². The average molecular weight is 355 g/mol. The van der Waals surface area contributed by atoms with Crippen LogP contribution in [0.5, 0.6) is 0 Å². The number of nitrogens with one attached hydrogen (secondary N) is 1. The van der Waals surface area contributed by atoms with Crippen LogP contribution in [0.2, 0.25) is 0 Å². The van der Waals surface area contributed by atoms with Crippen LogP contribution in [0.3, 0.4) is 0 Å². The molecule has 20 heavy (non-hydrogen) atoms. The van der Waals surface area contributed by atoms with Crippen molar-refractivity contribution in [2.24, 2.45) is 0 Å². The van der Waals surface area contributed by atoms with Crippen molar-refractivity contribution >= 4 is 33.2 Å². The van der Waals surface area contributed by atoms with Gasteiger partial charge in [-0.3, -0.25) is 14.9 Å². The zero-order valence-electron chi connectivity index (χ0n) is 10.4. The molecule has 0 spiro atoms. The van der Waals surface area contributed by atoms with Crippen molar-refractivity contribution < 1.29 is 22.9 Å². The summed E-state index contributed by atoms with van der Waals surface area (Å²) in [4.78, 5) is 21.1. The molecule has 1 aromatic carbocycles. The first-order valence-corrected chi connectivity index (χ1v) is 6.19. The molecule has 1 rings (SSSR count). The molecule has 0 atom stereocenters. The first-order valence-electron chi connectivity index (χ1n) is 5.40. The third-order valence-corrected chi connectivity index (χ3v) is 2.89. The van der Waals surface area contributed by atoms with Crippen LogP contribution in [0, 0.1) is 10.1 Å². The third kappa shape index (κ3) is 3.69. The van der Waals surface area contributed by atoms with Gasteiger partial charge in [-0.05, 0) is 17.5 Å². The molecule has 1 aromatic rings. The monoisotopic (exact) mass is 354 g/mol. The van der Waals surface area contributed by atoms with Gasteiger partial charge in [-0.2, -0.15) is 13.2 Å². The highest BCUT2D eigenvalue weighted by atomic mass is 79.9. The molecule has 0 fully saturated rings. The van der Waals surface area contributed by atoms with Gasteiger partial charge in [0.05, 0.1) is 4.92 Å². The molecule has 0 aliphatic rings. The zero-order valence-corrected chi connectivity index (χ0v) is 12.0. The standard InChI is InChI=1S/C11H10BrF3N2O3/c1-5(2)7-3-6(12)4-8(17(19)20)9(7)16-10(18)11(13,14)15/h3-5H,1-2H3,(H,16,18). The van der Waals surface area contributed by atoms with Crippen LogP contribution in [0.15, 0.2) is 16.6 Å². The molecule has 0 aliphatic carbocycles. The topological polar surface area (TPSA) is 72.2 Å². The molecule has 9 heteroatoms. The number of halogens is 4. The molecule has 0 saturated heterocycles. The number of nitro benzene ring substituents is 1. The fourth-order valence-electron chi connectivity index (χ4n) is 1.53. The van der Waals surface area contributed by atoms with E-state index in [0.29, 0.717) is 4.47 Å². The van der Waals surface area contributed by atoms with E-state index < -0.39 is 28.4 Å². The number of carbonyl (C=O) groups excluding carboxylic acids is 1. The summed E-state index contributed by atoms with van der Waals surface area (Å²) in [5, 5.41) is 12.5. The van der Waals surface area contributed by atoms with E-state index >= 15 is 0 Å². The first-order chi connectivity index (χ1) is 9.04. The Kier molecular flexibility index (Phi) is 4.74. The number of nitro groups is 1. The molecule has 1 amide bonds. The van der Waals surface area contributed by atoms with Crippen molar-refractivity contribution in [2.45, 2.75) is 25.9 Å².